The van der Waals surface area contributed by atoms with E-state index in [0.717, 1.165) is 0 Å². The molecule has 2 aromatic carbocycles. The van der Waals surface area contributed by atoms with Crippen LogP contribution in [0.2, 0.25) is 0 Å². The Morgan fingerprint density at radius 2 is 1.08 bits per heavy atom. The third kappa shape index (κ3) is 0.889. The predicted octanol–water partition coefficient (Wildman–Crippen LogP) is 0.987. The Labute approximate surface area is 69.7 Å². The van der Waals surface area contributed by atoms with E-state index in [-0.39, 0.29) is 11.5 Å². The molecule has 0 aliphatic rings. The Bertz CT molecular complexity index is 381. The van der Waals surface area contributed by atoms with Crippen LogP contribution in [0.3, 0.4) is 0 Å². The standard InChI is InChI=1S/C10H8O2/c11-9-5-6-10(12)8-4-2-1-3-7(8)9/h1-6,11-12H/p-2. The Balaban J connectivity index is 2.95. The van der Waals surface area contributed by atoms with E-state index in [1.807, 2.05) is 0 Å². The van der Waals surface area contributed by atoms with Crippen LogP contribution in [0, 0.1) is 0 Å². The molecule has 0 amide bonds. The molecule has 0 radical (unpaired) electrons. The van der Waals surface area contributed by atoms with Crippen molar-refractivity contribution in [2.45, 2.75) is 0 Å². The van der Waals surface area contributed by atoms with Gasteiger partial charge in [-0.25, -0.2) is 0 Å². The van der Waals surface area contributed by atoms with E-state index < -0.39 is 0 Å². The second-order valence-electron chi connectivity index (χ2n) is 2.61. The van der Waals surface area contributed by atoms with E-state index in [4.69, 9.17) is 0 Å². The molecule has 0 aliphatic heterocycles. The lowest BCUT2D eigenvalue weighted by atomic mass is 10.1. The molecule has 2 rings (SSSR count). The topological polar surface area (TPSA) is 46.1 Å². The highest BCUT2D eigenvalue weighted by atomic mass is 16.3. The summed E-state index contributed by atoms with van der Waals surface area (Å²) in [7, 11) is 0. The molecule has 0 N–H and O–H groups in total. The number of fused-ring (bicyclic) bond motifs is 1. The van der Waals surface area contributed by atoms with Crippen LogP contribution in [0.4, 0.5) is 0 Å². The molecule has 0 atom stereocenters. The molecule has 0 aromatic heterocycles. The van der Waals surface area contributed by atoms with Crippen LogP contribution in [0.25, 0.3) is 10.8 Å². The molecule has 0 heterocycles. The fraction of sp³-hybridized carbons (Fsp3) is 0. The summed E-state index contributed by atoms with van der Waals surface area (Å²) in [5.41, 5.74) is 0. The Kier molecular flexibility index (Phi) is 1.40. The maximum Gasteiger partial charge on any atom is -0.0269 e. The van der Waals surface area contributed by atoms with Gasteiger partial charge in [0.25, 0.3) is 0 Å². The van der Waals surface area contributed by atoms with Crippen molar-refractivity contribution in [1.29, 1.82) is 0 Å². The predicted molar refractivity (Wildman–Crippen MR) is 42.8 cm³/mol. The number of benzene rings is 2. The highest BCUT2D eigenvalue weighted by Gasteiger charge is 1.91. The van der Waals surface area contributed by atoms with Gasteiger partial charge in [0.15, 0.2) is 0 Å². The van der Waals surface area contributed by atoms with E-state index in [1.165, 1.54) is 12.1 Å². The molecule has 0 aliphatic carbocycles. The summed E-state index contributed by atoms with van der Waals surface area (Å²) in [5, 5.41) is 23.4. The molecule has 12 heavy (non-hydrogen) atoms. The summed E-state index contributed by atoms with van der Waals surface area (Å²) in [4.78, 5) is 0. The van der Waals surface area contributed by atoms with Crippen molar-refractivity contribution in [3.8, 4) is 11.5 Å². The van der Waals surface area contributed by atoms with Crippen LogP contribution in [-0.4, -0.2) is 0 Å². The Morgan fingerprint density at radius 1 is 0.667 bits per heavy atom. The van der Waals surface area contributed by atoms with E-state index in [1.54, 1.807) is 24.3 Å². The lowest BCUT2D eigenvalue weighted by Gasteiger charge is -2.15. The van der Waals surface area contributed by atoms with Crippen molar-refractivity contribution < 1.29 is 10.2 Å². The largest absolute Gasteiger partial charge is 0.872 e. The summed E-state index contributed by atoms with van der Waals surface area (Å²) >= 11 is 0. The first-order valence-corrected chi connectivity index (χ1v) is 3.65. The van der Waals surface area contributed by atoms with Gasteiger partial charge in [-0.2, -0.15) is 0 Å². The van der Waals surface area contributed by atoms with Crippen molar-refractivity contribution >= 4 is 10.8 Å². The maximum absolute atomic E-state index is 11.2. The molecule has 0 bridgehead atoms. The van der Waals surface area contributed by atoms with Gasteiger partial charge in [0, 0.05) is 0 Å². The van der Waals surface area contributed by atoms with Crippen molar-refractivity contribution in [3.05, 3.63) is 36.4 Å². The van der Waals surface area contributed by atoms with Crippen LogP contribution in [0.5, 0.6) is 11.5 Å². The molecule has 2 nitrogen and oxygen atoms in total. The van der Waals surface area contributed by atoms with E-state index in [0.29, 0.717) is 10.8 Å². The quantitative estimate of drug-likeness (QED) is 0.573. The van der Waals surface area contributed by atoms with Crippen molar-refractivity contribution in [2.24, 2.45) is 0 Å². The van der Waals surface area contributed by atoms with Gasteiger partial charge in [-0.15, -0.1) is 11.5 Å². The van der Waals surface area contributed by atoms with Crippen LogP contribution >= 0.6 is 0 Å². The highest BCUT2D eigenvalue weighted by molar-refractivity contribution is 5.92. The number of hydrogen-bond acceptors (Lipinski definition) is 2. The average molecular weight is 158 g/mol. The van der Waals surface area contributed by atoms with Gasteiger partial charge in [0.1, 0.15) is 0 Å². The lowest BCUT2D eigenvalue weighted by Crippen LogP contribution is -1.95. The third-order valence-electron chi connectivity index (χ3n) is 1.84. The Morgan fingerprint density at radius 3 is 1.50 bits per heavy atom. The fourth-order valence-corrected chi connectivity index (χ4v) is 1.24. The summed E-state index contributed by atoms with van der Waals surface area (Å²) in [6.07, 6.45) is 0. The molecule has 0 fully saturated rings. The van der Waals surface area contributed by atoms with Crippen LogP contribution in [0.15, 0.2) is 36.4 Å². The van der Waals surface area contributed by atoms with E-state index in [2.05, 4.69) is 0 Å². The van der Waals surface area contributed by atoms with Crippen molar-refractivity contribution in [1.82, 2.24) is 0 Å². The molecule has 2 heteroatoms. The minimum absolute atomic E-state index is 0.0924. The SMILES string of the molecule is [O-]c1ccc([O-])c2ccccc12. The summed E-state index contributed by atoms with van der Waals surface area (Å²) in [6.45, 7) is 0. The molecule has 60 valence electrons. The zero-order valence-corrected chi connectivity index (χ0v) is 6.28. The van der Waals surface area contributed by atoms with Gasteiger partial charge in [0.05, 0.1) is 0 Å². The van der Waals surface area contributed by atoms with Gasteiger partial charge in [0.2, 0.25) is 0 Å². The summed E-state index contributed by atoms with van der Waals surface area (Å²) in [6, 6.07) is 9.46. The summed E-state index contributed by atoms with van der Waals surface area (Å²) in [5.74, 6) is -0.185. The van der Waals surface area contributed by atoms with Crippen LogP contribution in [0.1, 0.15) is 0 Å². The second-order valence-corrected chi connectivity index (χ2v) is 2.61. The minimum Gasteiger partial charge on any atom is -0.872 e. The van der Waals surface area contributed by atoms with Crippen LogP contribution in [-0.2, 0) is 0 Å². The highest BCUT2D eigenvalue weighted by Crippen LogP contribution is 2.27. The first kappa shape index (κ1) is 6.98. The normalized spacial score (nSPS) is 10.3. The van der Waals surface area contributed by atoms with E-state index >= 15 is 0 Å². The van der Waals surface area contributed by atoms with E-state index in [9.17, 15) is 10.2 Å². The van der Waals surface area contributed by atoms with Crippen molar-refractivity contribution in [3.63, 3.8) is 0 Å². The molecular weight excluding hydrogens is 152 g/mol. The molecule has 2 aromatic rings. The maximum atomic E-state index is 11.2. The smallest absolute Gasteiger partial charge is 0.0269 e. The average Bonchev–Trinajstić information content (AvgIpc) is 2.12. The molecule has 0 saturated heterocycles. The summed E-state index contributed by atoms with van der Waals surface area (Å²) < 4.78 is 0. The monoisotopic (exact) mass is 158 g/mol. The number of rotatable bonds is 0. The van der Waals surface area contributed by atoms with Gasteiger partial charge in [-0.05, 0) is 10.8 Å². The molecule has 0 spiro atoms. The molecule has 0 unspecified atom stereocenters. The third-order valence-corrected chi connectivity index (χ3v) is 1.84. The zero-order chi connectivity index (χ0) is 8.55. The van der Waals surface area contributed by atoms with Gasteiger partial charge >= 0.3 is 0 Å². The van der Waals surface area contributed by atoms with Gasteiger partial charge in [-0.3, -0.25) is 0 Å². The lowest BCUT2D eigenvalue weighted by molar-refractivity contribution is -0.271. The zero-order valence-electron chi connectivity index (χ0n) is 6.28. The number of hydrogen-bond donors (Lipinski definition) is 0. The molecule has 0 saturated carbocycles. The van der Waals surface area contributed by atoms with Crippen molar-refractivity contribution in [2.75, 3.05) is 0 Å². The first-order chi connectivity index (χ1) is 5.79. The second kappa shape index (κ2) is 2.41. The van der Waals surface area contributed by atoms with Gasteiger partial charge in [-0.1, -0.05) is 36.4 Å². The van der Waals surface area contributed by atoms with Crippen LogP contribution < -0.4 is 10.2 Å². The first-order valence-electron chi connectivity index (χ1n) is 3.65. The Hall–Kier alpha value is -1.70. The minimum atomic E-state index is -0.0924. The van der Waals surface area contributed by atoms with Gasteiger partial charge < -0.3 is 10.2 Å². The molecular formula is C10H6O2-2. The fourth-order valence-electron chi connectivity index (χ4n) is 1.24.